The third-order valence-corrected chi connectivity index (χ3v) is 3.19. The van der Waals surface area contributed by atoms with E-state index in [1.54, 1.807) is 17.6 Å². The first-order valence-electron chi connectivity index (χ1n) is 4.32. The Morgan fingerprint density at radius 3 is 3.00 bits per heavy atom. The minimum atomic E-state index is -0.264. The molecule has 0 atom stereocenters. The second-order valence-electron chi connectivity index (χ2n) is 2.93. The summed E-state index contributed by atoms with van der Waals surface area (Å²) in [5, 5.41) is 4.94. The standard InChI is InChI=1S/C10H8BrFN2S/c11-8-2-1-3-9(12)10(8)13-4-7-5-15-6-14-7/h1-3,5-6,13H,4H2. The predicted molar refractivity (Wildman–Crippen MR) is 63.5 cm³/mol. The Kier molecular flexibility index (Phi) is 3.33. The zero-order chi connectivity index (χ0) is 10.7. The van der Waals surface area contributed by atoms with Crippen LogP contribution in [0.2, 0.25) is 0 Å². The van der Waals surface area contributed by atoms with Crippen LogP contribution >= 0.6 is 27.3 Å². The van der Waals surface area contributed by atoms with Gasteiger partial charge in [-0.05, 0) is 28.1 Å². The van der Waals surface area contributed by atoms with Gasteiger partial charge in [0, 0.05) is 9.85 Å². The van der Waals surface area contributed by atoms with Gasteiger partial charge in [-0.1, -0.05) is 6.07 Å². The fourth-order valence-corrected chi connectivity index (χ4v) is 2.21. The zero-order valence-electron chi connectivity index (χ0n) is 7.71. The van der Waals surface area contributed by atoms with E-state index in [1.165, 1.54) is 17.4 Å². The van der Waals surface area contributed by atoms with Gasteiger partial charge in [0.15, 0.2) is 0 Å². The van der Waals surface area contributed by atoms with Crippen LogP contribution in [0.4, 0.5) is 10.1 Å². The molecule has 0 aliphatic rings. The summed E-state index contributed by atoms with van der Waals surface area (Å²) >= 11 is 4.82. The van der Waals surface area contributed by atoms with Crippen molar-refractivity contribution in [2.75, 3.05) is 5.32 Å². The molecule has 2 rings (SSSR count). The lowest BCUT2D eigenvalue weighted by Gasteiger charge is -2.07. The van der Waals surface area contributed by atoms with Gasteiger partial charge in [0.05, 0.1) is 23.4 Å². The Balaban J connectivity index is 2.11. The smallest absolute Gasteiger partial charge is 0.147 e. The van der Waals surface area contributed by atoms with Crippen LogP contribution in [0.25, 0.3) is 0 Å². The topological polar surface area (TPSA) is 24.9 Å². The minimum absolute atomic E-state index is 0.264. The number of hydrogen-bond acceptors (Lipinski definition) is 3. The summed E-state index contributed by atoms with van der Waals surface area (Å²) < 4.78 is 14.1. The number of rotatable bonds is 3. The Morgan fingerprint density at radius 2 is 2.33 bits per heavy atom. The Labute approximate surface area is 99.3 Å². The third kappa shape index (κ3) is 2.54. The van der Waals surface area contributed by atoms with E-state index in [9.17, 15) is 4.39 Å². The maximum absolute atomic E-state index is 13.4. The monoisotopic (exact) mass is 286 g/mol. The highest BCUT2D eigenvalue weighted by Gasteiger charge is 2.05. The lowest BCUT2D eigenvalue weighted by molar-refractivity contribution is 0.629. The van der Waals surface area contributed by atoms with Gasteiger partial charge in [0.2, 0.25) is 0 Å². The van der Waals surface area contributed by atoms with Gasteiger partial charge in [-0.2, -0.15) is 0 Å². The van der Waals surface area contributed by atoms with Crippen molar-refractivity contribution in [3.05, 3.63) is 45.1 Å². The third-order valence-electron chi connectivity index (χ3n) is 1.89. The van der Waals surface area contributed by atoms with Crippen molar-refractivity contribution in [3.8, 4) is 0 Å². The minimum Gasteiger partial charge on any atom is -0.376 e. The highest BCUT2D eigenvalue weighted by atomic mass is 79.9. The molecule has 1 aromatic heterocycles. The van der Waals surface area contributed by atoms with Crippen molar-refractivity contribution in [2.24, 2.45) is 0 Å². The van der Waals surface area contributed by atoms with E-state index in [4.69, 9.17) is 0 Å². The maximum atomic E-state index is 13.4. The largest absolute Gasteiger partial charge is 0.376 e. The molecule has 78 valence electrons. The first kappa shape index (κ1) is 10.6. The molecule has 1 N–H and O–H groups in total. The molecular weight excluding hydrogens is 279 g/mol. The van der Waals surface area contributed by atoms with Crippen molar-refractivity contribution in [1.82, 2.24) is 4.98 Å². The van der Waals surface area contributed by atoms with Crippen molar-refractivity contribution in [2.45, 2.75) is 6.54 Å². The van der Waals surface area contributed by atoms with E-state index in [1.807, 2.05) is 5.38 Å². The number of thiazole rings is 1. The summed E-state index contributed by atoms with van der Waals surface area (Å²) in [4.78, 5) is 4.11. The van der Waals surface area contributed by atoms with Gasteiger partial charge in [0.1, 0.15) is 5.82 Å². The summed E-state index contributed by atoms with van der Waals surface area (Å²) in [6.45, 7) is 0.531. The van der Waals surface area contributed by atoms with Gasteiger partial charge in [-0.25, -0.2) is 9.37 Å². The summed E-state index contributed by atoms with van der Waals surface area (Å²) in [7, 11) is 0. The summed E-state index contributed by atoms with van der Waals surface area (Å²) in [5.74, 6) is -0.264. The van der Waals surface area contributed by atoms with Gasteiger partial charge in [-0.15, -0.1) is 11.3 Å². The average molecular weight is 287 g/mol. The van der Waals surface area contributed by atoms with Crippen LogP contribution in [-0.4, -0.2) is 4.98 Å². The van der Waals surface area contributed by atoms with Crippen LogP contribution in [0.5, 0.6) is 0 Å². The maximum Gasteiger partial charge on any atom is 0.147 e. The lowest BCUT2D eigenvalue weighted by atomic mass is 10.3. The molecule has 0 unspecified atom stereocenters. The van der Waals surface area contributed by atoms with E-state index in [2.05, 4.69) is 26.2 Å². The molecule has 15 heavy (non-hydrogen) atoms. The highest BCUT2D eigenvalue weighted by Crippen LogP contribution is 2.25. The van der Waals surface area contributed by atoms with E-state index < -0.39 is 0 Å². The number of para-hydroxylation sites is 1. The number of nitrogens with zero attached hydrogens (tertiary/aromatic N) is 1. The number of hydrogen-bond donors (Lipinski definition) is 1. The molecule has 0 aliphatic heterocycles. The predicted octanol–water partition coefficient (Wildman–Crippen LogP) is 3.66. The molecule has 0 spiro atoms. The van der Waals surface area contributed by atoms with Crippen molar-refractivity contribution in [3.63, 3.8) is 0 Å². The molecule has 0 saturated carbocycles. The fraction of sp³-hybridized carbons (Fsp3) is 0.100. The highest BCUT2D eigenvalue weighted by molar-refractivity contribution is 9.10. The van der Waals surface area contributed by atoms with E-state index in [-0.39, 0.29) is 5.82 Å². The SMILES string of the molecule is Fc1cccc(Br)c1NCc1cscn1. The molecule has 1 aromatic carbocycles. The molecule has 0 radical (unpaired) electrons. The van der Waals surface area contributed by atoms with Crippen LogP contribution in [0.3, 0.4) is 0 Å². The quantitative estimate of drug-likeness (QED) is 0.932. The molecule has 0 amide bonds. The van der Waals surface area contributed by atoms with Crippen molar-refractivity contribution >= 4 is 33.0 Å². The summed E-state index contributed by atoms with van der Waals surface area (Å²) in [5.41, 5.74) is 3.15. The summed E-state index contributed by atoms with van der Waals surface area (Å²) in [6.07, 6.45) is 0. The number of anilines is 1. The molecule has 0 fully saturated rings. The van der Waals surface area contributed by atoms with Gasteiger partial charge in [0.25, 0.3) is 0 Å². The average Bonchev–Trinajstić information content (AvgIpc) is 2.70. The van der Waals surface area contributed by atoms with Crippen molar-refractivity contribution in [1.29, 1.82) is 0 Å². The molecule has 0 saturated heterocycles. The number of aromatic nitrogens is 1. The lowest BCUT2D eigenvalue weighted by Crippen LogP contribution is -2.02. The fourth-order valence-electron chi connectivity index (χ4n) is 1.17. The van der Waals surface area contributed by atoms with E-state index in [0.29, 0.717) is 12.2 Å². The second-order valence-corrected chi connectivity index (χ2v) is 4.50. The normalized spacial score (nSPS) is 10.3. The Bertz CT molecular complexity index is 424. The van der Waals surface area contributed by atoms with Gasteiger partial charge >= 0.3 is 0 Å². The molecule has 0 bridgehead atoms. The Hall–Kier alpha value is -0.940. The van der Waals surface area contributed by atoms with Crippen LogP contribution in [0.15, 0.2) is 33.6 Å². The van der Waals surface area contributed by atoms with Crippen molar-refractivity contribution < 1.29 is 4.39 Å². The second kappa shape index (κ2) is 4.72. The van der Waals surface area contributed by atoms with Gasteiger partial charge in [-0.3, -0.25) is 0 Å². The number of nitrogens with one attached hydrogen (secondary N) is 1. The van der Waals surface area contributed by atoms with Crippen LogP contribution in [-0.2, 0) is 6.54 Å². The van der Waals surface area contributed by atoms with Crippen LogP contribution < -0.4 is 5.32 Å². The molecular formula is C10H8BrFN2S. The molecule has 1 heterocycles. The number of benzene rings is 1. The van der Waals surface area contributed by atoms with E-state index in [0.717, 1.165) is 10.2 Å². The Morgan fingerprint density at radius 1 is 1.47 bits per heavy atom. The van der Waals surface area contributed by atoms with Gasteiger partial charge < -0.3 is 5.32 Å². The molecule has 2 nitrogen and oxygen atoms in total. The molecule has 5 heteroatoms. The van der Waals surface area contributed by atoms with Crippen LogP contribution in [0.1, 0.15) is 5.69 Å². The summed E-state index contributed by atoms with van der Waals surface area (Å²) in [6, 6.07) is 4.88. The number of halogens is 2. The van der Waals surface area contributed by atoms with E-state index >= 15 is 0 Å². The zero-order valence-corrected chi connectivity index (χ0v) is 10.1. The van der Waals surface area contributed by atoms with Crippen LogP contribution in [0, 0.1) is 5.82 Å². The molecule has 2 aromatic rings. The first-order valence-corrected chi connectivity index (χ1v) is 6.06. The molecule has 0 aliphatic carbocycles. The first-order chi connectivity index (χ1) is 7.27.